The molecule has 2 atom stereocenters. The largest absolute Gasteiger partial charge is 0.309 e. The third kappa shape index (κ3) is 6.48. The molecule has 0 fully saturated rings. The highest BCUT2D eigenvalue weighted by Crippen LogP contribution is 2.46. The van der Waals surface area contributed by atoms with Crippen molar-refractivity contribution in [2.24, 2.45) is 15.0 Å². The minimum atomic E-state index is -0.00176. The molecule has 0 spiro atoms. The molecule has 5 nitrogen and oxygen atoms in total. The van der Waals surface area contributed by atoms with Gasteiger partial charge in [0.15, 0.2) is 5.84 Å². The standard InChI is InChI=1S/C56H41N5/c1-57-56(59-55(41-18-6-3-7-19-41)58-37-38-15-4-2-5-16-38)61-52-26-13-11-23-48(52)50-36-43(30-34-54(50)61)42-29-33-53-49(35-42)47-22-10-12-25-51(47)60(53)44-31-27-40(28-32-44)46-24-14-20-39-17-8-9-21-45(39)46/h2-36,48,52H,1,37H2. The summed E-state index contributed by atoms with van der Waals surface area (Å²) in [7, 11) is 0. The molecule has 2 unspecified atom stereocenters. The van der Waals surface area contributed by atoms with Crippen LogP contribution in [0.5, 0.6) is 0 Å². The fourth-order valence-electron chi connectivity index (χ4n) is 9.24. The Morgan fingerprint density at radius 1 is 0.557 bits per heavy atom. The summed E-state index contributed by atoms with van der Waals surface area (Å²) in [4.78, 5) is 17.0. The minimum Gasteiger partial charge on any atom is -0.309 e. The van der Waals surface area contributed by atoms with Crippen molar-refractivity contribution in [2.45, 2.75) is 18.5 Å². The van der Waals surface area contributed by atoms with Crippen molar-refractivity contribution >= 4 is 56.8 Å². The summed E-state index contributed by atoms with van der Waals surface area (Å²) in [5.41, 5.74) is 12.6. The first-order chi connectivity index (χ1) is 30.2. The molecule has 9 aromatic rings. The molecule has 0 saturated heterocycles. The molecule has 1 aliphatic heterocycles. The third-order valence-corrected chi connectivity index (χ3v) is 12.1. The van der Waals surface area contributed by atoms with Crippen LogP contribution in [0.3, 0.4) is 0 Å². The molecule has 0 amide bonds. The number of anilines is 1. The van der Waals surface area contributed by atoms with E-state index in [4.69, 9.17) is 9.98 Å². The van der Waals surface area contributed by atoms with Crippen LogP contribution in [0, 0.1) is 0 Å². The van der Waals surface area contributed by atoms with E-state index in [0.29, 0.717) is 18.3 Å². The molecule has 1 aliphatic carbocycles. The van der Waals surface area contributed by atoms with E-state index in [2.05, 4.69) is 185 Å². The molecule has 2 heterocycles. The molecule has 11 rings (SSSR count). The first-order valence-corrected chi connectivity index (χ1v) is 20.8. The molecule has 0 saturated carbocycles. The van der Waals surface area contributed by atoms with Crippen LogP contribution in [0.25, 0.3) is 60.5 Å². The zero-order chi connectivity index (χ0) is 40.7. The van der Waals surface area contributed by atoms with Crippen molar-refractivity contribution < 1.29 is 0 Å². The lowest BCUT2D eigenvalue weighted by Gasteiger charge is -2.27. The highest BCUT2D eigenvalue weighted by molar-refractivity contribution is 6.13. The van der Waals surface area contributed by atoms with E-state index in [-0.39, 0.29) is 12.0 Å². The number of para-hydroxylation sites is 1. The highest BCUT2D eigenvalue weighted by Gasteiger charge is 2.39. The van der Waals surface area contributed by atoms with E-state index in [1.165, 1.54) is 60.4 Å². The number of nitrogens with zero attached hydrogens (tertiary/aromatic N) is 5. The van der Waals surface area contributed by atoms with Crippen LogP contribution in [0.15, 0.2) is 227 Å². The number of amidine groups is 1. The Morgan fingerprint density at radius 3 is 2.07 bits per heavy atom. The number of fused-ring (bicyclic) bond motifs is 7. The second-order valence-corrected chi connectivity index (χ2v) is 15.6. The fourth-order valence-corrected chi connectivity index (χ4v) is 9.24. The second kappa shape index (κ2) is 15.4. The van der Waals surface area contributed by atoms with E-state index in [1.807, 2.05) is 48.5 Å². The Hall–Kier alpha value is -7.89. The van der Waals surface area contributed by atoms with Gasteiger partial charge in [-0.2, -0.15) is 4.99 Å². The van der Waals surface area contributed by atoms with Gasteiger partial charge in [0.1, 0.15) is 0 Å². The molecule has 61 heavy (non-hydrogen) atoms. The molecule has 0 bridgehead atoms. The van der Waals surface area contributed by atoms with Crippen molar-refractivity contribution in [3.05, 3.63) is 229 Å². The minimum absolute atomic E-state index is 0.00176. The highest BCUT2D eigenvalue weighted by atomic mass is 15.3. The smallest absolute Gasteiger partial charge is 0.231 e. The van der Waals surface area contributed by atoms with Crippen LogP contribution in [0.4, 0.5) is 5.69 Å². The number of hydrogen-bond donors (Lipinski definition) is 0. The maximum atomic E-state index is 5.16. The van der Waals surface area contributed by atoms with E-state index in [9.17, 15) is 0 Å². The van der Waals surface area contributed by atoms with Gasteiger partial charge in [0.2, 0.25) is 5.96 Å². The normalized spacial score (nSPS) is 16.0. The predicted molar refractivity (Wildman–Crippen MR) is 257 cm³/mol. The molecule has 5 heteroatoms. The Morgan fingerprint density at radius 2 is 1.23 bits per heavy atom. The summed E-state index contributed by atoms with van der Waals surface area (Å²) in [5.74, 6) is 1.27. The summed E-state index contributed by atoms with van der Waals surface area (Å²) >= 11 is 0. The van der Waals surface area contributed by atoms with E-state index < -0.39 is 0 Å². The van der Waals surface area contributed by atoms with Crippen molar-refractivity contribution in [3.8, 4) is 27.9 Å². The lowest BCUT2D eigenvalue weighted by atomic mass is 9.89. The molecular formula is C56H41N5. The van der Waals surface area contributed by atoms with E-state index in [0.717, 1.165) is 22.5 Å². The van der Waals surface area contributed by atoms with Gasteiger partial charge in [-0.1, -0.05) is 170 Å². The maximum Gasteiger partial charge on any atom is 0.231 e. The topological polar surface area (TPSA) is 45.2 Å². The average Bonchev–Trinajstić information content (AvgIpc) is 3.84. The number of aromatic nitrogens is 1. The summed E-state index contributed by atoms with van der Waals surface area (Å²) in [5, 5.41) is 4.96. The molecule has 1 aromatic heterocycles. The zero-order valence-electron chi connectivity index (χ0n) is 33.5. The Kier molecular flexibility index (Phi) is 9.12. The molecule has 8 aromatic carbocycles. The fraction of sp³-hybridized carbons (Fsp3) is 0.0536. The van der Waals surface area contributed by atoms with Gasteiger partial charge in [0, 0.05) is 33.6 Å². The summed E-state index contributed by atoms with van der Waals surface area (Å²) in [6, 6.07) is 66.9. The number of hydrogen-bond acceptors (Lipinski definition) is 1. The first-order valence-electron chi connectivity index (χ1n) is 20.8. The van der Waals surface area contributed by atoms with Crippen molar-refractivity contribution in [2.75, 3.05) is 4.90 Å². The second-order valence-electron chi connectivity index (χ2n) is 15.6. The van der Waals surface area contributed by atoms with Gasteiger partial charge in [-0.3, -0.25) is 4.99 Å². The number of guanidine groups is 1. The van der Waals surface area contributed by atoms with Crippen LogP contribution >= 0.6 is 0 Å². The number of allylic oxidation sites excluding steroid dienone is 2. The Bertz CT molecular complexity index is 3240. The van der Waals surface area contributed by atoms with Crippen LogP contribution in [-0.2, 0) is 6.54 Å². The molecule has 290 valence electrons. The molecule has 2 aliphatic rings. The molecule has 0 radical (unpaired) electrons. The lowest BCUT2D eigenvalue weighted by Crippen LogP contribution is -2.37. The lowest BCUT2D eigenvalue weighted by molar-refractivity contribution is 0.753. The van der Waals surface area contributed by atoms with Crippen molar-refractivity contribution in [1.29, 1.82) is 0 Å². The predicted octanol–water partition coefficient (Wildman–Crippen LogP) is 13.4. The van der Waals surface area contributed by atoms with Crippen LogP contribution in [0.2, 0.25) is 0 Å². The van der Waals surface area contributed by atoms with Gasteiger partial charge in [-0.05, 0) is 93.3 Å². The Labute approximate surface area is 355 Å². The van der Waals surface area contributed by atoms with Crippen LogP contribution < -0.4 is 4.90 Å². The van der Waals surface area contributed by atoms with E-state index in [1.54, 1.807) is 0 Å². The number of benzene rings is 8. The molecular weight excluding hydrogens is 743 g/mol. The van der Waals surface area contributed by atoms with Gasteiger partial charge < -0.3 is 9.47 Å². The third-order valence-electron chi connectivity index (χ3n) is 12.1. The molecule has 0 N–H and O–H groups in total. The quantitative estimate of drug-likeness (QED) is 0.122. The van der Waals surface area contributed by atoms with Gasteiger partial charge in [-0.15, -0.1) is 0 Å². The monoisotopic (exact) mass is 783 g/mol. The van der Waals surface area contributed by atoms with Crippen LogP contribution in [0.1, 0.15) is 22.6 Å². The van der Waals surface area contributed by atoms with Gasteiger partial charge in [0.05, 0.1) is 23.6 Å². The number of rotatable bonds is 6. The van der Waals surface area contributed by atoms with Crippen molar-refractivity contribution in [3.63, 3.8) is 0 Å². The maximum absolute atomic E-state index is 5.16. The average molecular weight is 784 g/mol. The summed E-state index contributed by atoms with van der Waals surface area (Å²) in [6.45, 7) is 4.54. The Balaban J connectivity index is 0.967. The van der Waals surface area contributed by atoms with Crippen LogP contribution in [-0.4, -0.2) is 29.1 Å². The van der Waals surface area contributed by atoms with E-state index >= 15 is 0 Å². The van der Waals surface area contributed by atoms with Gasteiger partial charge >= 0.3 is 0 Å². The van der Waals surface area contributed by atoms with Gasteiger partial charge in [-0.25, -0.2) is 4.99 Å². The number of aliphatic imine (C=N–C) groups is 3. The van der Waals surface area contributed by atoms with Gasteiger partial charge in [0.25, 0.3) is 0 Å². The summed E-state index contributed by atoms with van der Waals surface area (Å²) < 4.78 is 2.39. The summed E-state index contributed by atoms with van der Waals surface area (Å²) in [6.07, 6.45) is 8.79. The van der Waals surface area contributed by atoms with Crippen molar-refractivity contribution in [1.82, 2.24) is 4.57 Å². The first kappa shape index (κ1) is 36.2. The SMILES string of the molecule is C=NC(=NC(=NCc1ccccc1)c1ccccc1)N1c2ccc(-c3ccc4c(c3)c3ccccc3n4-c3ccc(-c4cccc5ccccc45)cc3)cc2C2C=CC=CC21. The zero-order valence-corrected chi connectivity index (χ0v) is 33.5.